The first-order valence-corrected chi connectivity index (χ1v) is 5.22. The van der Waals surface area contributed by atoms with E-state index in [-0.39, 0.29) is 5.91 Å². The van der Waals surface area contributed by atoms with Gasteiger partial charge in [0.25, 0.3) is 5.91 Å². The van der Waals surface area contributed by atoms with Gasteiger partial charge in [-0.15, -0.1) is 0 Å². The molecule has 0 spiro atoms. The van der Waals surface area contributed by atoms with Crippen LogP contribution in [0.4, 0.5) is 5.69 Å². The van der Waals surface area contributed by atoms with Crippen molar-refractivity contribution in [3.8, 4) is 0 Å². The summed E-state index contributed by atoms with van der Waals surface area (Å²) in [5.74, 6) is -0.267. The fraction of sp³-hybridized carbons (Fsp3) is 0.0909. The fourth-order valence-corrected chi connectivity index (χ4v) is 1.64. The molecule has 3 aromatic rings. The highest BCUT2D eigenvalue weighted by Gasteiger charge is 2.10. The minimum absolute atomic E-state index is 0.267. The van der Waals surface area contributed by atoms with E-state index in [9.17, 15) is 4.79 Å². The Hall–Kier alpha value is -2.70. The van der Waals surface area contributed by atoms with Crippen molar-refractivity contribution in [3.05, 3.63) is 36.5 Å². The van der Waals surface area contributed by atoms with Crippen molar-refractivity contribution >= 4 is 22.6 Å². The molecule has 3 aromatic heterocycles. The van der Waals surface area contributed by atoms with Crippen LogP contribution in [0.3, 0.4) is 0 Å². The van der Waals surface area contributed by atoms with Crippen LogP contribution in [0.15, 0.2) is 35.4 Å². The molecule has 0 saturated heterocycles. The third-order valence-corrected chi connectivity index (χ3v) is 2.52. The fourth-order valence-electron chi connectivity index (χ4n) is 1.64. The summed E-state index contributed by atoms with van der Waals surface area (Å²) >= 11 is 0. The number of hydrogen-bond acceptors (Lipinski definition) is 5. The number of amides is 1. The summed E-state index contributed by atoms with van der Waals surface area (Å²) in [5.41, 5.74) is 1.69. The van der Waals surface area contributed by atoms with Gasteiger partial charge in [0.05, 0.1) is 18.0 Å². The van der Waals surface area contributed by atoms with Crippen LogP contribution < -0.4 is 5.32 Å². The summed E-state index contributed by atoms with van der Waals surface area (Å²) in [6.45, 7) is 0. The zero-order valence-corrected chi connectivity index (χ0v) is 9.49. The Labute approximate surface area is 101 Å². The molecule has 0 bridgehead atoms. The summed E-state index contributed by atoms with van der Waals surface area (Å²) in [4.78, 5) is 16.1. The average molecular weight is 243 g/mol. The molecule has 0 fully saturated rings. The molecule has 18 heavy (non-hydrogen) atoms. The average Bonchev–Trinajstić information content (AvgIpc) is 2.99. The lowest BCUT2D eigenvalue weighted by molar-refractivity contribution is 0.102. The lowest BCUT2D eigenvalue weighted by atomic mass is 10.2. The number of carbonyl (C=O) groups is 1. The van der Waals surface area contributed by atoms with Crippen LogP contribution in [0.5, 0.6) is 0 Å². The number of rotatable bonds is 2. The molecule has 0 atom stereocenters. The van der Waals surface area contributed by atoms with Gasteiger partial charge in [-0.2, -0.15) is 5.10 Å². The smallest absolute Gasteiger partial charge is 0.257 e. The molecule has 0 saturated carbocycles. The van der Waals surface area contributed by atoms with Crippen LogP contribution in [-0.4, -0.2) is 25.8 Å². The number of nitrogens with one attached hydrogen (secondary N) is 1. The molecule has 0 aliphatic heterocycles. The second kappa shape index (κ2) is 3.95. The van der Waals surface area contributed by atoms with Crippen molar-refractivity contribution in [2.24, 2.45) is 7.05 Å². The largest absolute Gasteiger partial charge is 0.363 e. The third-order valence-electron chi connectivity index (χ3n) is 2.52. The lowest BCUT2D eigenvalue weighted by Crippen LogP contribution is -2.11. The lowest BCUT2D eigenvalue weighted by Gasteiger charge is -2.01. The van der Waals surface area contributed by atoms with Crippen molar-refractivity contribution in [1.29, 1.82) is 0 Å². The summed E-state index contributed by atoms with van der Waals surface area (Å²) in [6.07, 6.45) is 5.95. The SMILES string of the molecule is Cn1ncc2cc(C(=O)Nc3cnoc3)cnc21. The molecule has 7 heteroatoms. The molecule has 3 rings (SSSR count). The van der Waals surface area contributed by atoms with Gasteiger partial charge in [-0.1, -0.05) is 5.16 Å². The van der Waals surface area contributed by atoms with Gasteiger partial charge in [-0.3, -0.25) is 9.48 Å². The quantitative estimate of drug-likeness (QED) is 0.731. The Kier molecular flexibility index (Phi) is 2.30. The van der Waals surface area contributed by atoms with Crippen LogP contribution in [0, 0.1) is 0 Å². The van der Waals surface area contributed by atoms with E-state index < -0.39 is 0 Å². The molecular formula is C11H9N5O2. The first-order chi connectivity index (χ1) is 8.74. The Morgan fingerprint density at radius 1 is 1.39 bits per heavy atom. The zero-order valence-electron chi connectivity index (χ0n) is 9.49. The number of nitrogens with zero attached hydrogens (tertiary/aromatic N) is 4. The highest BCUT2D eigenvalue weighted by Crippen LogP contribution is 2.13. The van der Waals surface area contributed by atoms with Gasteiger partial charge in [0.2, 0.25) is 0 Å². The number of hydrogen-bond donors (Lipinski definition) is 1. The van der Waals surface area contributed by atoms with E-state index >= 15 is 0 Å². The Bertz CT molecular complexity index is 701. The van der Waals surface area contributed by atoms with E-state index in [1.54, 1.807) is 24.0 Å². The van der Waals surface area contributed by atoms with Crippen molar-refractivity contribution in [1.82, 2.24) is 19.9 Å². The molecule has 0 radical (unpaired) electrons. The Morgan fingerprint density at radius 2 is 2.28 bits per heavy atom. The van der Waals surface area contributed by atoms with E-state index in [0.717, 1.165) is 11.0 Å². The normalized spacial score (nSPS) is 10.7. The Balaban J connectivity index is 1.92. The van der Waals surface area contributed by atoms with Crippen molar-refractivity contribution < 1.29 is 9.32 Å². The molecule has 1 N–H and O–H groups in total. The first kappa shape index (κ1) is 10.5. The monoisotopic (exact) mass is 243 g/mol. The topological polar surface area (TPSA) is 85.8 Å². The minimum Gasteiger partial charge on any atom is -0.363 e. The van der Waals surface area contributed by atoms with Gasteiger partial charge in [0.15, 0.2) is 5.65 Å². The van der Waals surface area contributed by atoms with E-state index in [1.807, 2.05) is 0 Å². The summed E-state index contributed by atoms with van der Waals surface area (Å²) in [6, 6.07) is 1.73. The maximum atomic E-state index is 11.9. The third kappa shape index (κ3) is 1.71. The van der Waals surface area contributed by atoms with Gasteiger partial charge in [0.1, 0.15) is 12.0 Å². The van der Waals surface area contributed by atoms with Gasteiger partial charge in [-0.05, 0) is 6.07 Å². The number of pyridine rings is 1. The first-order valence-electron chi connectivity index (χ1n) is 5.22. The number of fused-ring (bicyclic) bond motifs is 1. The number of aryl methyl sites for hydroxylation is 1. The predicted octanol–water partition coefficient (Wildman–Crippen LogP) is 1.21. The molecule has 0 aromatic carbocycles. The highest BCUT2D eigenvalue weighted by molar-refractivity contribution is 6.05. The van der Waals surface area contributed by atoms with Crippen molar-refractivity contribution in [2.75, 3.05) is 5.32 Å². The molecule has 1 amide bonds. The number of carbonyl (C=O) groups excluding carboxylic acids is 1. The number of anilines is 1. The summed E-state index contributed by atoms with van der Waals surface area (Å²) in [5, 5.41) is 11.0. The molecule has 0 unspecified atom stereocenters. The number of aromatic nitrogens is 4. The standard InChI is InChI=1S/C11H9N5O2/c1-16-10-7(4-13-16)2-8(3-12-10)11(17)15-9-5-14-18-6-9/h2-6H,1H3,(H,15,17). The Morgan fingerprint density at radius 3 is 3.06 bits per heavy atom. The second-order valence-electron chi connectivity index (χ2n) is 3.77. The highest BCUT2D eigenvalue weighted by atomic mass is 16.5. The van der Waals surface area contributed by atoms with Gasteiger partial charge in [-0.25, -0.2) is 4.98 Å². The van der Waals surface area contributed by atoms with E-state index in [1.165, 1.54) is 18.7 Å². The molecule has 3 heterocycles. The van der Waals surface area contributed by atoms with Gasteiger partial charge in [0, 0.05) is 18.6 Å². The van der Waals surface area contributed by atoms with E-state index in [2.05, 4.69) is 25.1 Å². The molecule has 0 aliphatic carbocycles. The van der Waals surface area contributed by atoms with Gasteiger partial charge < -0.3 is 9.84 Å². The molecule has 0 aliphatic rings. The summed E-state index contributed by atoms with van der Waals surface area (Å²) in [7, 11) is 1.80. The maximum Gasteiger partial charge on any atom is 0.257 e. The molecular weight excluding hydrogens is 234 g/mol. The van der Waals surface area contributed by atoms with Crippen molar-refractivity contribution in [2.45, 2.75) is 0 Å². The van der Waals surface area contributed by atoms with E-state index in [4.69, 9.17) is 0 Å². The predicted molar refractivity (Wildman–Crippen MR) is 63.0 cm³/mol. The van der Waals surface area contributed by atoms with Crippen LogP contribution >= 0.6 is 0 Å². The molecule has 7 nitrogen and oxygen atoms in total. The second-order valence-corrected chi connectivity index (χ2v) is 3.77. The van der Waals surface area contributed by atoms with E-state index in [0.29, 0.717) is 11.3 Å². The maximum absolute atomic E-state index is 11.9. The summed E-state index contributed by atoms with van der Waals surface area (Å²) < 4.78 is 6.28. The van der Waals surface area contributed by atoms with Crippen molar-refractivity contribution in [3.63, 3.8) is 0 Å². The minimum atomic E-state index is -0.267. The zero-order chi connectivity index (χ0) is 12.5. The van der Waals surface area contributed by atoms with Gasteiger partial charge >= 0.3 is 0 Å². The molecule has 90 valence electrons. The van der Waals surface area contributed by atoms with Crippen LogP contribution in [0.1, 0.15) is 10.4 Å². The van der Waals surface area contributed by atoms with Crippen LogP contribution in [0.25, 0.3) is 11.0 Å². The van der Waals surface area contributed by atoms with Crippen LogP contribution in [-0.2, 0) is 7.05 Å². The van der Waals surface area contributed by atoms with Crippen LogP contribution in [0.2, 0.25) is 0 Å².